The molecule has 1 heterocycles. The maximum atomic E-state index is 13.3. The Hall–Kier alpha value is -2.74. The Kier molecular flexibility index (Phi) is 3.84. The highest BCUT2D eigenvalue weighted by Crippen LogP contribution is 2.06. The van der Waals surface area contributed by atoms with Crippen LogP contribution in [0.2, 0.25) is 0 Å². The second kappa shape index (κ2) is 5.74. The molecule has 2 rings (SSSR count). The number of rotatable bonds is 3. The number of amides is 1. The first-order valence-corrected chi connectivity index (χ1v) is 5.57. The summed E-state index contributed by atoms with van der Waals surface area (Å²) in [7, 11) is 0. The van der Waals surface area contributed by atoms with Gasteiger partial charge in [0.2, 0.25) is 0 Å². The molecule has 0 saturated heterocycles. The molecular formula is C14H10FN3O. The molecule has 2 aromatic rings. The van der Waals surface area contributed by atoms with Gasteiger partial charge in [-0.1, -0.05) is 12.1 Å². The topological polar surface area (TPSA) is 65.8 Å². The fraction of sp³-hybridized carbons (Fsp3) is 0.0714. The number of nitriles is 1. The van der Waals surface area contributed by atoms with Crippen LogP contribution < -0.4 is 5.32 Å². The highest BCUT2D eigenvalue weighted by molar-refractivity contribution is 5.94. The summed E-state index contributed by atoms with van der Waals surface area (Å²) in [6.45, 7) is 0.232. The van der Waals surface area contributed by atoms with Gasteiger partial charge in [-0.05, 0) is 23.8 Å². The van der Waals surface area contributed by atoms with Gasteiger partial charge in [-0.2, -0.15) is 5.26 Å². The third-order valence-corrected chi connectivity index (χ3v) is 2.53. The van der Waals surface area contributed by atoms with E-state index >= 15 is 0 Å². The third kappa shape index (κ3) is 3.13. The van der Waals surface area contributed by atoms with E-state index in [0.29, 0.717) is 5.56 Å². The Morgan fingerprint density at radius 2 is 2.26 bits per heavy atom. The molecule has 0 atom stereocenters. The average Bonchev–Trinajstić information content (AvgIpc) is 2.45. The number of halogens is 1. The number of carbonyl (C=O) groups is 1. The molecule has 94 valence electrons. The molecule has 0 spiro atoms. The number of aromatic nitrogens is 1. The van der Waals surface area contributed by atoms with Crippen molar-refractivity contribution in [3.63, 3.8) is 0 Å². The van der Waals surface area contributed by atoms with Gasteiger partial charge in [0.05, 0.1) is 23.4 Å². The SMILES string of the molecule is N#Cc1cccc(CNC(=O)c2ccncc2F)c1. The molecule has 0 fully saturated rings. The largest absolute Gasteiger partial charge is 0.348 e. The summed E-state index contributed by atoms with van der Waals surface area (Å²) in [5, 5.41) is 11.4. The summed E-state index contributed by atoms with van der Waals surface area (Å²) in [5.74, 6) is -1.17. The molecular weight excluding hydrogens is 245 g/mol. The molecule has 0 radical (unpaired) electrons. The Bertz CT molecular complexity index is 649. The Balaban J connectivity index is 2.05. The smallest absolute Gasteiger partial charge is 0.254 e. The average molecular weight is 255 g/mol. The molecule has 0 aliphatic rings. The van der Waals surface area contributed by atoms with Gasteiger partial charge < -0.3 is 5.32 Å². The van der Waals surface area contributed by atoms with E-state index in [0.717, 1.165) is 11.8 Å². The normalized spacial score (nSPS) is 9.68. The molecule has 19 heavy (non-hydrogen) atoms. The molecule has 0 bridgehead atoms. The van der Waals surface area contributed by atoms with E-state index in [9.17, 15) is 9.18 Å². The van der Waals surface area contributed by atoms with Crippen LogP contribution in [0.15, 0.2) is 42.7 Å². The Labute approximate surface area is 109 Å². The summed E-state index contributed by atoms with van der Waals surface area (Å²) in [5.41, 5.74) is 1.25. The van der Waals surface area contributed by atoms with Crippen molar-refractivity contribution in [2.45, 2.75) is 6.54 Å². The van der Waals surface area contributed by atoms with Crippen molar-refractivity contribution in [3.8, 4) is 6.07 Å². The van der Waals surface area contributed by atoms with E-state index < -0.39 is 11.7 Å². The lowest BCUT2D eigenvalue weighted by molar-refractivity contribution is 0.0946. The Morgan fingerprint density at radius 1 is 1.42 bits per heavy atom. The van der Waals surface area contributed by atoms with Gasteiger partial charge in [0.15, 0.2) is 5.82 Å². The predicted octanol–water partition coefficient (Wildman–Crippen LogP) is 2.02. The fourth-order valence-electron chi connectivity index (χ4n) is 1.59. The van der Waals surface area contributed by atoms with E-state index in [1.807, 2.05) is 6.07 Å². The minimum Gasteiger partial charge on any atom is -0.348 e. The molecule has 0 aliphatic carbocycles. The molecule has 4 nitrogen and oxygen atoms in total. The molecule has 5 heteroatoms. The monoisotopic (exact) mass is 255 g/mol. The van der Waals surface area contributed by atoms with Gasteiger partial charge in [0.1, 0.15) is 0 Å². The van der Waals surface area contributed by atoms with Crippen molar-refractivity contribution in [3.05, 3.63) is 65.2 Å². The zero-order valence-electron chi connectivity index (χ0n) is 9.93. The van der Waals surface area contributed by atoms with Crippen LogP contribution in [0.3, 0.4) is 0 Å². The van der Waals surface area contributed by atoms with Crippen molar-refractivity contribution in [1.29, 1.82) is 5.26 Å². The highest BCUT2D eigenvalue weighted by Gasteiger charge is 2.10. The van der Waals surface area contributed by atoms with Crippen LogP contribution in [0.25, 0.3) is 0 Å². The number of nitrogens with one attached hydrogen (secondary N) is 1. The van der Waals surface area contributed by atoms with E-state index in [1.54, 1.807) is 24.3 Å². The molecule has 1 aromatic carbocycles. The van der Waals surface area contributed by atoms with Gasteiger partial charge >= 0.3 is 0 Å². The number of nitrogens with zero attached hydrogens (tertiary/aromatic N) is 2. The van der Waals surface area contributed by atoms with Crippen LogP contribution >= 0.6 is 0 Å². The van der Waals surface area contributed by atoms with E-state index in [4.69, 9.17) is 5.26 Å². The van der Waals surface area contributed by atoms with Crippen molar-refractivity contribution in [1.82, 2.24) is 10.3 Å². The summed E-state index contributed by atoms with van der Waals surface area (Å²) in [6.07, 6.45) is 2.35. The Morgan fingerprint density at radius 3 is 3.00 bits per heavy atom. The number of hydrogen-bond acceptors (Lipinski definition) is 3. The van der Waals surface area contributed by atoms with Gasteiger partial charge in [-0.25, -0.2) is 4.39 Å². The first-order chi connectivity index (χ1) is 9.20. The molecule has 1 amide bonds. The summed E-state index contributed by atoms with van der Waals surface area (Å²) in [4.78, 5) is 15.3. The molecule has 0 saturated carbocycles. The maximum absolute atomic E-state index is 13.3. The fourth-order valence-corrected chi connectivity index (χ4v) is 1.59. The van der Waals surface area contributed by atoms with Gasteiger partial charge in [-0.15, -0.1) is 0 Å². The maximum Gasteiger partial charge on any atom is 0.254 e. The second-order valence-corrected chi connectivity index (χ2v) is 3.85. The third-order valence-electron chi connectivity index (χ3n) is 2.53. The van der Waals surface area contributed by atoms with E-state index in [-0.39, 0.29) is 12.1 Å². The molecule has 1 aromatic heterocycles. The van der Waals surface area contributed by atoms with Gasteiger partial charge in [-0.3, -0.25) is 9.78 Å². The summed E-state index contributed by atoms with van der Waals surface area (Å²) in [6, 6.07) is 10.2. The number of carbonyl (C=O) groups excluding carboxylic acids is 1. The van der Waals surface area contributed by atoms with Crippen LogP contribution in [0.4, 0.5) is 4.39 Å². The molecule has 0 aliphatic heterocycles. The number of hydrogen-bond donors (Lipinski definition) is 1. The van der Waals surface area contributed by atoms with Crippen molar-refractivity contribution >= 4 is 5.91 Å². The number of benzene rings is 1. The zero-order valence-corrected chi connectivity index (χ0v) is 9.93. The minimum absolute atomic E-state index is 0.0496. The van der Waals surface area contributed by atoms with Crippen LogP contribution in [-0.4, -0.2) is 10.9 Å². The minimum atomic E-state index is -0.661. The summed E-state index contributed by atoms with van der Waals surface area (Å²) < 4.78 is 13.3. The van der Waals surface area contributed by atoms with E-state index in [2.05, 4.69) is 10.3 Å². The molecule has 1 N–H and O–H groups in total. The van der Waals surface area contributed by atoms with Gasteiger partial charge in [0, 0.05) is 12.7 Å². The van der Waals surface area contributed by atoms with Crippen LogP contribution in [0, 0.1) is 17.1 Å². The van der Waals surface area contributed by atoms with Crippen LogP contribution in [0.1, 0.15) is 21.5 Å². The molecule has 0 unspecified atom stereocenters. The van der Waals surface area contributed by atoms with Crippen molar-refractivity contribution in [2.75, 3.05) is 0 Å². The number of pyridine rings is 1. The second-order valence-electron chi connectivity index (χ2n) is 3.85. The summed E-state index contributed by atoms with van der Waals surface area (Å²) >= 11 is 0. The lowest BCUT2D eigenvalue weighted by Crippen LogP contribution is -2.23. The predicted molar refractivity (Wildman–Crippen MR) is 66.5 cm³/mol. The van der Waals surface area contributed by atoms with Crippen molar-refractivity contribution < 1.29 is 9.18 Å². The van der Waals surface area contributed by atoms with Crippen LogP contribution in [-0.2, 0) is 6.54 Å². The highest BCUT2D eigenvalue weighted by atomic mass is 19.1. The van der Waals surface area contributed by atoms with Crippen LogP contribution in [0.5, 0.6) is 0 Å². The lowest BCUT2D eigenvalue weighted by atomic mass is 10.1. The van der Waals surface area contributed by atoms with E-state index in [1.165, 1.54) is 12.3 Å². The van der Waals surface area contributed by atoms with Gasteiger partial charge in [0.25, 0.3) is 5.91 Å². The zero-order chi connectivity index (χ0) is 13.7. The van der Waals surface area contributed by atoms with Crippen molar-refractivity contribution in [2.24, 2.45) is 0 Å². The first-order valence-electron chi connectivity index (χ1n) is 5.57. The first kappa shape index (κ1) is 12.7. The lowest BCUT2D eigenvalue weighted by Gasteiger charge is -2.06. The standard InChI is InChI=1S/C14H10FN3O/c15-13-9-17-5-4-12(13)14(19)18-8-11-3-1-2-10(6-11)7-16/h1-6,9H,8H2,(H,18,19). The quantitative estimate of drug-likeness (QED) is 0.912.